The fourth-order valence-electron chi connectivity index (χ4n) is 3.33. The van der Waals surface area contributed by atoms with E-state index in [0.29, 0.717) is 35.9 Å². The van der Waals surface area contributed by atoms with Gasteiger partial charge in [-0.05, 0) is 37.1 Å². The normalized spacial score (nSPS) is 15.3. The highest BCUT2D eigenvalue weighted by Gasteiger charge is 2.26. The summed E-state index contributed by atoms with van der Waals surface area (Å²) in [7, 11) is 4.60. The minimum atomic E-state index is -0.139. The molecule has 0 saturated carbocycles. The number of ether oxygens (including phenoxy) is 4. The monoisotopic (exact) mass is 421 g/mol. The number of rotatable bonds is 8. The van der Waals surface area contributed by atoms with Crippen LogP contribution in [0, 0.1) is 0 Å². The van der Waals surface area contributed by atoms with Crippen molar-refractivity contribution in [2.75, 3.05) is 34.5 Å². The van der Waals surface area contributed by atoms with Crippen molar-refractivity contribution in [2.24, 2.45) is 0 Å². The van der Waals surface area contributed by atoms with E-state index >= 15 is 0 Å². The molecule has 1 saturated heterocycles. The Morgan fingerprint density at radius 3 is 2.41 bits per heavy atom. The van der Waals surface area contributed by atoms with Crippen molar-refractivity contribution >= 4 is 5.91 Å². The summed E-state index contributed by atoms with van der Waals surface area (Å²) in [5.41, 5.74) is 1.28. The van der Waals surface area contributed by atoms with E-state index in [1.807, 2.05) is 18.2 Å². The number of hydrogen-bond donors (Lipinski definition) is 0. The summed E-state index contributed by atoms with van der Waals surface area (Å²) in [4.78, 5) is 19.5. The molecule has 1 fully saturated rings. The van der Waals surface area contributed by atoms with Crippen molar-refractivity contribution in [2.45, 2.75) is 25.5 Å². The van der Waals surface area contributed by atoms with Gasteiger partial charge in [-0.3, -0.25) is 9.78 Å². The molecule has 0 bridgehead atoms. The third-order valence-corrected chi connectivity index (χ3v) is 4.73. The molecular weight excluding hydrogens is 396 g/mol. The molecule has 1 unspecified atom stereocenters. The van der Waals surface area contributed by atoms with Gasteiger partial charge in [0.2, 0.25) is 5.75 Å². The number of pyridine rings is 1. The molecule has 7 nitrogen and oxygen atoms in total. The van der Waals surface area contributed by atoms with Crippen LogP contribution >= 0.6 is 0 Å². The van der Waals surface area contributed by atoms with Gasteiger partial charge in [-0.2, -0.15) is 0 Å². The molecule has 3 rings (SSSR count). The summed E-state index contributed by atoms with van der Waals surface area (Å²) in [6.07, 6.45) is 3.72. The number of benzene rings is 1. The van der Waals surface area contributed by atoms with Gasteiger partial charge in [-0.1, -0.05) is 6.07 Å². The Labute approximate surface area is 177 Å². The summed E-state index contributed by atoms with van der Waals surface area (Å²) >= 11 is 0. The van der Waals surface area contributed by atoms with Crippen molar-refractivity contribution in [3.8, 4) is 17.2 Å². The van der Waals surface area contributed by atoms with Crippen molar-refractivity contribution in [3.63, 3.8) is 0 Å². The number of halogens is 1. The SMILES string of the molecule is COc1cc(C(=O)N(Cc2ccccn2)CC2CCCO2)cc(OC)c1OC.[Cl-]. The Bertz CT molecular complexity index is 772. The van der Waals surface area contributed by atoms with Crippen LogP contribution in [0.25, 0.3) is 0 Å². The van der Waals surface area contributed by atoms with Gasteiger partial charge in [0.15, 0.2) is 11.5 Å². The smallest absolute Gasteiger partial charge is 0.254 e. The van der Waals surface area contributed by atoms with Crippen LogP contribution in [0.15, 0.2) is 36.5 Å². The summed E-state index contributed by atoms with van der Waals surface area (Å²) in [6.45, 7) is 1.64. The van der Waals surface area contributed by atoms with Gasteiger partial charge in [0.25, 0.3) is 5.91 Å². The molecule has 1 aliphatic rings. The fourth-order valence-corrected chi connectivity index (χ4v) is 3.33. The van der Waals surface area contributed by atoms with Gasteiger partial charge in [0, 0.05) is 24.9 Å². The Kier molecular flexibility index (Phi) is 8.54. The Morgan fingerprint density at radius 1 is 1.17 bits per heavy atom. The summed E-state index contributed by atoms with van der Waals surface area (Å²) in [5, 5.41) is 0. The zero-order valence-corrected chi connectivity index (χ0v) is 17.6. The van der Waals surface area contributed by atoms with Crippen LogP contribution in [0.3, 0.4) is 0 Å². The minimum absolute atomic E-state index is 0. The maximum Gasteiger partial charge on any atom is 0.254 e. The van der Waals surface area contributed by atoms with Gasteiger partial charge in [0.05, 0.1) is 39.7 Å². The summed E-state index contributed by atoms with van der Waals surface area (Å²) in [5.74, 6) is 1.21. The standard InChI is InChI=1S/C21H26N2O5.ClH/c1-25-18-11-15(12-19(26-2)20(18)27-3)21(24)23(14-17-8-6-10-28-17)13-16-7-4-5-9-22-16;/h4-5,7,9,11-12,17H,6,8,10,13-14H2,1-3H3;1H/p-1. The summed E-state index contributed by atoms with van der Waals surface area (Å²) < 4.78 is 21.9. The van der Waals surface area contributed by atoms with Crippen LogP contribution in [0.5, 0.6) is 17.2 Å². The van der Waals surface area contributed by atoms with Crippen LogP contribution in [0.1, 0.15) is 28.9 Å². The quantitative estimate of drug-likeness (QED) is 0.594. The highest BCUT2D eigenvalue weighted by Crippen LogP contribution is 2.38. The second-order valence-corrected chi connectivity index (χ2v) is 6.56. The highest BCUT2D eigenvalue weighted by molar-refractivity contribution is 5.95. The van der Waals surface area contributed by atoms with E-state index in [4.69, 9.17) is 18.9 Å². The molecular formula is C21H26ClN2O5-. The van der Waals surface area contributed by atoms with E-state index in [1.54, 1.807) is 23.2 Å². The topological polar surface area (TPSA) is 70.1 Å². The zero-order valence-electron chi connectivity index (χ0n) is 16.9. The lowest BCUT2D eigenvalue weighted by atomic mass is 10.1. The zero-order chi connectivity index (χ0) is 19.9. The van der Waals surface area contributed by atoms with Crippen molar-refractivity contribution < 1.29 is 36.1 Å². The Morgan fingerprint density at radius 2 is 1.90 bits per heavy atom. The second kappa shape index (κ2) is 10.9. The van der Waals surface area contributed by atoms with Gasteiger partial charge < -0.3 is 36.3 Å². The maximum absolute atomic E-state index is 13.4. The third-order valence-electron chi connectivity index (χ3n) is 4.73. The molecule has 1 aliphatic heterocycles. The van der Waals surface area contributed by atoms with E-state index in [0.717, 1.165) is 25.1 Å². The van der Waals surface area contributed by atoms with Gasteiger partial charge >= 0.3 is 0 Å². The number of hydrogen-bond acceptors (Lipinski definition) is 6. The largest absolute Gasteiger partial charge is 1.00 e. The van der Waals surface area contributed by atoms with Gasteiger partial charge in [0.1, 0.15) is 0 Å². The van der Waals surface area contributed by atoms with Crippen LogP contribution in [-0.4, -0.2) is 56.4 Å². The van der Waals surface area contributed by atoms with E-state index < -0.39 is 0 Å². The van der Waals surface area contributed by atoms with E-state index in [-0.39, 0.29) is 24.4 Å². The predicted octanol–water partition coefficient (Wildman–Crippen LogP) is -0.0672. The van der Waals surface area contributed by atoms with Crippen LogP contribution < -0.4 is 26.6 Å². The average molecular weight is 422 g/mol. The van der Waals surface area contributed by atoms with Crippen LogP contribution in [-0.2, 0) is 11.3 Å². The molecule has 1 atom stereocenters. The number of amides is 1. The molecule has 1 aromatic heterocycles. The molecule has 2 aromatic rings. The molecule has 158 valence electrons. The molecule has 29 heavy (non-hydrogen) atoms. The van der Waals surface area contributed by atoms with E-state index in [9.17, 15) is 4.79 Å². The first-order chi connectivity index (χ1) is 13.7. The molecule has 0 N–H and O–H groups in total. The number of carbonyl (C=O) groups excluding carboxylic acids is 1. The lowest BCUT2D eigenvalue weighted by molar-refractivity contribution is -0.0000159. The number of aromatic nitrogens is 1. The molecule has 8 heteroatoms. The van der Waals surface area contributed by atoms with Crippen molar-refractivity contribution in [1.29, 1.82) is 0 Å². The molecule has 2 heterocycles. The molecule has 0 aliphatic carbocycles. The van der Waals surface area contributed by atoms with Crippen LogP contribution in [0.2, 0.25) is 0 Å². The van der Waals surface area contributed by atoms with E-state index in [2.05, 4.69) is 4.98 Å². The highest BCUT2D eigenvalue weighted by atomic mass is 35.5. The van der Waals surface area contributed by atoms with Gasteiger partial charge in [-0.25, -0.2) is 0 Å². The third kappa shape index (κ3) is 5.52. The van der Waals surface area contributed by atoms with E-state index in [1.165, 1.54) is 21.3 Å². The first-order valence-electron chi connectivity index (χ1n) is 9.27. The fraction of sp³-hybridized carbons (Fsp3) is 0.429. The van der Waals surface area contributed by atoms with Crippen molar-refractivity contribution in [3.05, 3.63) is 47.8 Å². The van der Waals surface area contributed by atoms with Crippen molar-refractivity contribution in [1.82, 2.24) is 9.88 Å². The second-order valence-electron chi connectivity index (χ2n) is 6.56. The lowest BCUT2D eigenvalue weighted by Gasteiger charge is -2.26. The molecule has 1 amide bonds. The Hall–Kier alpha value is -2.51. The average Bonchev–Trinajstić information content (AvgIpc) is 3.25. The van der Waals surface area contributed by atoms with Crippen LogP contribution in [0.4, 0.5) is 0 Å². The lowest BCUT2D eigenvalue weighted by Crippen LogP contribution is -3.00. The number of methoxy groups -OCH3 is 3. The minimum Gasteiger partial charge on any atom is -1.00 e. The predicted molar refractivity (Wildman–Crippen MR) is 104 cm³/mol. The maximum atomic E-state index is 13.4. The first-order valence-corrected chi connectivity index (χ1v) is 9.27. The first kappa shape index (κ1) is 22.8. The molecule has 0 spiro atoms. The van der Waals surface area contributed by atoms with Gasteiger partial charge in [-0.15, -0.1) is 0 Å². The molecule has 0 radical (unpaired) electrons. The summed E-state index contributed by atoms with van der Waals surface area (Å²) in [6, 6.07) is 9.02. The Balaban J connectivity index is 0.00000300. The number of nitrogens with zero attached hydrogens (tertiary/aromatic N) is 2. The number of carbonyl (C=O) groups is 1. The molecule has 1 aromatic carbocycles.